The number of para-hydroxylation sites is 1. The van der Waals surface area contributed by atoms with Crippen molar-refractivity contribution in [3.05, 3.63) is 68.9 Å². The molecule has 0 saturated carbocycles. The standard InChI is InChI=1S/C18H13IN4O/c1-12-8-15(19)6-7-16(12)23-18(24)14(10-21)11-22-17-5-3-2-4-13(17)9-20/h2-8,11,22H,1H3,(H,23,24)/b14-11-. The molecule has 2 rings (SSSR count). The highest BCUT2D eigenvalue weighted by Crippen LogP contribution is 2.19. The van der Waals surface area contributed by atoms with Crippen molar-refractivity contribution in [1.29, 1.82) is 10.5 Å². The topological polar surface area (TPSA) is 88.7 Å². The molecule has 5 nitrogen and oxygen atoms in total. The molecular formula is C18H13IN4O. The molecule has 0 saturated heterocycles. The molecule has 1 amide bonds. The van der Waals surface area contributed by atoms with Gasteiger partial charge in [-0.25, -0.2) is 0 Å². The maximum atomic E-state index is 12.2. The van der Waals surface area contributed by atoms with Crippen LogP contribution >= 0.6 is 22.6 Å². The molecule has 6 heteroatoms. The number of carbonyl (C=O) groups is 1. The molecule has 0 heterocycles. The first-order chi connectivity index (χ1) is 11.5. The number of nitriles is 2. The average molecular weight is 428 g/mol. The second-order valence-corrected chi connectivity index (χ2v) is 6.13. The van der Waals surface area contributed by atoms with Crippen LogP contribution < -0.4 is 10.6 Å². The van der Waals surface area contributed by atoms with Gasteiger partial charge in [0.25, 0.3) is 5.91 Å². The van der Waals surface area contributed by atoms with E-state index in [0.29, 0.717) is 16.9 Å². The average Bonchev–Trinajstić information content (AvgIpc) is 2.58. The lowest BCUT2D eigenvalue weighted by Crippen LogP contribution is -2.15. The van der Waals surface area contributed by atoms with Crippen LogP contribution in [0.1, 0.15) is 11.1 Å². The van der Waals surface area contributed by atoms with Crippen molar-refractivity contribution in [2.24, 2.45) is 0 Å². The number of anilines is 2. The fourth-order valence-electron chi connectivity index (χ4n) is 1.96. The van der Waals surface area contributed by atoms with Gasteiger partial charge >= 0.3 is 0 Å². The van der Waals surface area contributed by atoms with E-state index in [9.17, 15) is 10.1 Å². The van der Waals surface area contributed by atoms with Gasteiger partial charge in [-0.3, -0.25) is 4.79 Å². The number of amides is 1. The van der Waals surface area contributed by atoms with Gasteiger partial charge in [0.05, 0.1) is 11.3 Å². The minimum atomic E-state index is -0.510. The maximum absolute atomic E-state index is 12.2. The normalized spacial score (nSPS) is 10.4. The summed E-state index contributed by atoms with van der Waals surface area (Å²) in [4.78, 5) is 12.2. The van der Waals surface area contributed by atoms with Crippen LogP contribution in [-0.2, 0) is 4.79 Å². The number of halogens is 1. The molecule has 0 atom stereocenters. The van der Waals surface area contributed by atoms with Gasteiger partial charge in [-0.15, -0.1) is 0 Å². The van der Waals surface area contributed by atoms with Gasteiger partial charge < -0.3 is 10.6 Å². The Kier molecular flexibility index (Phi) is 5.94. The number of rotatable bonds is 4. The van der Waals surface area contributed by atoms with Gasteiger partial charge in [0.15, 0.2) is 0 Å². The van der Waals surface area contributed by atoms with Crippen LogP contribution in [-0.4, -0.2) is 5.91 Å². The molecule has 0 aromatic heterocycles. The van der Waals surface area contributed by atoms with Gasteiger partial charge in [-0.05, 0) is 65.4 Å². The molecule has 0 bridgehead atoms. The first-order valence-electron chi connectivity index (χ1n) is 6.98. The van der Waals surface area contributed by atoms with Crippen molar-refractivity contribution in [1.82, 2.24) is 0 Å². The van der Waals surface area contributed by atoms with Crippen molar-refractivity contribution in [2.45, 2.75) is 6.92 Å². The zero-order valence-corrected chi connectivity index (χ0v) is 15.0. The summed E-state index contributed by atoms with van der Waals surface area (Å²) in [6, 6.07) is 16.4. The number of aryl methyl sites for hydroxylation is 1. The lowest BCUT2D eigenvalue weighted by molar-refractivity contribution is -0.112. The predicted molar refractivity (Wildman–Crippen MR) is 101 cm³/mol. The summed E-state index contributed by atoms with van der Waals surface area (Å²) < 4.78 is 1.06. The molecule has 0 aliphatic rings. The van der Waals surface area contributed by atoms with Gasteiger partial charge in [0.1, 0.15) is 17.7 Å². The molecular weight excluding hydrogens is 415 g/mol. The Balaban J connectivity index is 2.17. The van der Waals surface area contributed by atoms with Crippen LogP contribution in [0.15, 0.2) is 54.2 Å². The summed E-state index contributed by atoms with van der Waals surface area (Å²) in [5, 5.41) is 23.8. The van der Waals surface area contributed by atoms with Gasteiger partial charge in [-0.1, -0.05) is 12.1 Å². The second-order valence-electron chi connectivity index (χ2n) is 4.88. The Morgan fingerprint density at radius 2 is 1.92 bits per heavy atom. The smallest absolute Gasteiger partial charge is 0.267 e. The van der Waals surface area contributed by atoms with E-state index in [0.717, 1.165) is 9.13 Å². The summed E-state index contributed by atoms with van der Waals surface area (Å²) in [5.41, 5.74) is 2.45. The van der Waals surface area contributed by atoms with Crippen LogP contribution in [0, 0.1) is 33.2 Å². The fourth-order valence-corrected chi connectivity index (χ4v) is 2.61. The Bertz CT molecular complexity index is 891. The van der Waals surface area contributed by atoms with E-state index in [-0.39, 0.29) is 5.57 Å². The van der Waals surface area contributed by atoms with E-state index < -0.39 is 5.91 Å². The third-order valence-electron chi connectivity index (χ3n) is 3.22. The highest BCUT2D eigenvalue weighted by Gasteiger charge is 2.11. The molecule has 0 radical (unpaired) electrons. The van der Waals surface area contributed by atoms with E-state index in [1.807, 2.05) is 31.2 Å². The van der Waals surface area contributed by atoms with Gasteiger partial charge in [0, 0.05) is 15.5 Å². The van der Waals surface area contributed by atoms with Crippen molar-refractivity contribution < 1.29 is 4.79 Å². The summed E-state index contributed by atoms with van der Waals surface area (Å²) in [7, 11) is 0. The minimum Gasteiger partial charge on any atom is -0.359 e. The molecule has 0 fully saturated rings. The Labute approximate surface area is 153 Å². The van der Waals surface area contributed by atoms with Crippen molar-refractivity contribution in [3.63, 3.8) is 0 Å². The van der Waals surface area contributed by atoms with Crippen LogP contribution in [0.25, 0.3) is 0 Å². The van der Waals surface area contributed by atoms with Crippen LogP contribution in [0.3, 0.4) is 0 Å². The minimum absolute atomic E-state index is 0.0827. The monoisotopic (exact) mass is 428 g/mol. The van der Waals surface area contributed by atoms with Gasteiger partial charge in [-0.2, -0.15) is 10.5 Å². The summed E-state index contributed by atoms with van der Waals surface area (Å²) in [6.45, 7) is 1.88. The lowest BCUT2D eigenvalue weighted by Gasteiger charge is -2.09. The zero-order valence-electron chi connectivity index (χ0n) is 12.8. The highest BCUT2D eigenvalue weighted by atomic mass is 127. The second kappa shape index (κ2) is 8.14. The van der Waals surface area contributed by atoms with E-state index in [4.69, 9.17) is 5.26 Å². The molecule has 0 unspecified atom stereocenters. The fraction of sp³-hybridized carbons (Fsp3) is 0.0556. The van der Waals surface area contributed by atoms with Gasteiger partial charge in [0.2, 0.25) is 0 Å². The zero-order chi connectivity index (χ0) is 17.5. The summed E-state index contributed by atoms with van der Waals surface area (Å²) >= 11 is 2.19. The van der Waals surface area contributed by atoms with Crippen LogP contribution in [0.4, 0.5) is 11.4 Å². The third kappa shape index (κ3) is 4.34. The van der Waals surface area contributed by atoms with E-state index in [2.05, 4.69) is 33.2 Å². The van der Waals surface area contributed by atoms with E-state index in [1.54, 1.807) is 30.3 Å². The molecule has 2 aromatic rings. The number of benzene rings is 2. The molecule has 2 N–H and O–H groups in total. The highest BCUT2D eigenvalue weighted by molar-refractivity contribution is 14.1. The Morgan fingerprint density at radius 1 is 1.17 bits per heavy atom. The van der Waals surface area contributed by atoms with Crippen molar-refractivity contribution >= 4 is 39.9 Å². The molecule has 0 aliphatic heterocycles. The van der Waals surface area contributed by atoms with Crippen molar-refractivity contribution in [2.75, 3.05) is 10.6 Å². The number of hydrogen-bond acceptors (Lipinski definition) is 4. The number of nitrogens with one attached hydrogen (secondary N) is 2. The predicted octanol–water partition coefficient (Wildman–Crippen LogP) is 3.93. The quantitative estimate of drug-likeness (QED) is 0.439. The third-order valence-corrected chi connectivity index (χ3v) is 3.89. The number of carbonyl (C=O) groups excluding carboxylic acids is 1. The summed E-state index contributed by atoms with van der Waals surface area (Å²) in [6.07, 6.45) is 1.30. The van der Waals surface area contributed by atoms with Crippen LogP contribution in [0.5, 0.6) is 0 Å². The summed E-state index contributed by atoms with van der Waals surface area (Å²) in [5.74, 6) is -0.510. The lowest BCUT2D eigenvalue weighted by atomic mass is 10.2. The number of hydrogen-bond donors (Lipinski definition) is 2. The molecule has 24 heavy (non-hydrogen) atoms. The molecule has 0 aliphatic carbocycles. The van der Waals surface area contributed by atoms with Crippen LogP contribution in [0.2, 0.25) is 0 Å². The molecule has 118 valence electrons. The SMILES string of the molecule is Cc1cc(I)ccc1NC(=O)/C(C#N)=C\Nc1ccccc1C#N. The molecule has 0 spiro atoms. The van der Waals surface area contributed by atoms with Crippen molar-refractivity contribution in [3.8, 4) is 12.1 Å². The molecule has 2 aromatic carbocycles. The van der Waals surface area contributed by atoms with E-state index in [1.165, 1.54) is 6.20 Å². The van der Waals surface area contributed by atoms with E-state index >= 15 is 0 Å². The Morgan fingerprint density at radius 3 is 2.58 bits per heavy atom. The largest absolute Gasteiger partial charge is 0.359 e. The maximum Gasteiger partial charge on any atom is 0.267 e. The first-order valence-corrected chi connectivity index (χ1v) is 8.06. The first kappa shape index (κ1) is 17.5. The Hall–Kier alpha value is -2.84. The number of nitrogens with zero attached hydrogens (tertiary/aromatic N) is 2.